The van der Waals surface area contributed by atoms with Crippen molar-refractivity contribution in [2.45, 2.75) is 25.7 Å². The SMILES string of the molecule is O=C(CN1CCN(C(=O)c2cc3c(s2)CCCC3)CC1)Nc1ccccc1Cl. The zero-order valence-corrected chi connectivity index (χ0v) is 17.3. The number of carbonyl (C=O) groups excluding carboxylic acids is 2. The third kappa shape index (κ3) is 4.40. The van der Waals surface area contributed by atoms with E-state index >= 15 is 0 Å². The number of halogens is 1. The van der Waals surface area contributed by atoms with Gasteiger partial charge < -0.3 is 10.2 Å². The molecule has 1 aromatic carbocycles. The lowest BCUT2D eigenvalue weighted by molar-refractivity contribution is -0.117. The molecule has 0 radical (unpaired) electrons. The first kappa shape index (κ1) is 19.4. The van der Waals surface area contributed by atoms with E-state index in [-0.39, 0.29) is 11.8 Å². The molecule has 0 saturated carbocycles. The van der Waals surface area contributed by atoms with E-state index in [2.05, 4.69) is 16.3 Å². The summed E-state index contributed by atoms with van der Waals surface area (Å²) in [4.78, 5) is 31.4. The first-order valence-corrected chi connectivity index (χ1v) is 11.0. The van der Waals surface area contributed by atoms with Crippen molar-refractivity contribution in [2.75, 3.05) is 38.0 Å². The van der Waals surface area contributed by atoms with Crippen LogP contribution < -0.4 is 5.32 Å². The Morgan fingerprint density at radius 3 is 2.57 bits per heavy atom. The molecule has 148 valence electrons. The van der Waals surface area contributed by atoms with Gasteiger partial charge in [0.25, 0.3) is 5.91 Å². The van der Waals surface area contributed by atoms with E-state index in [9.17, 15) is 9.59 Å². The lowest BCUT2D eigenvalue weighted by Crippen LogP contribution is -2.50. The van der Waals surface area contributed by atoms with Crippen LogP contribution in [-0.4, -0.2) is 54.3 Å². The highest BCUT2D eigenvalue weighted by atomic mass is 35.5. The summed E-state index contributed by atoms with van der Waals surface area (Å²) in [5.41, 5.74) is 2.00. The maximum Gasteiger partial charge on any atom is 0.264 e. The molecule has 0 atom stereocenters. The minimum Gasteiger partial charge on any atom is -0.335 e. The topological polar surface area (TPSA) is 52.7 Å². The van der Waals surface area contributed by atoms with E-state index < -0.39 is 0 Å². The molecule has 0 bridgehead atoms. The van der Waals surface area contributed by atoms with Gasteiger partial charge in [-0.05, 0) is 49.4 Å². The Bertz CT molecular complexity index is 851. The third-order valence-electron chi connectivity index (χ3n) is 5.38. The van der Waals surface area contributed by atoms with E-state index in [0.29, 0.717) is 43.4 Å². The average molecular weight is 418 g/mol. The molecule has 1 N–H and O–H groups in total. The second-order valence-corrected chi connectivity index (χ2v) is 8.91. The molecule has 2 amide bonds. The number of benzene rings is 1. The molecule has 28 heavy (non-hydrogen) atoms. The summed E-state index contributed by atoms with van der Waals surface area (Å²) in [7, 11) is 0. The molecule has 1 aliphatic carbocycles. The van der Waals surface area contributed by atoms with E-state index in [4.69, 9.17) is 11.6 Å². The van der Waals surface area contributed by atoms with Crippen LogP contribution >= 0.6 is 22.9 Å². The number of nitrogens with one attached hydrogen (secondary N) is 1. The monoisotopic (exact) mass is 417 g/mol. The number of anilines is 1. The van der Waals surface area contributed by atoms with E-state index in [0.717, 1.165) is 17.7 Å². The van der Waals surface area contributed by atoms with Gasteiger partial charge in [-0.2, -0.15) is 0 Å². The molecule has 2 heterocycles. The Hall–Kier alpha value is -1.89. The maximum absolute atomic E-state index is 12.8. The highest BCUT2D eigenvalue weighted by Crippen LogP contribution is 2.30. The van der Waals surface area contributed by atoms with Gasteiger partial charge in [-0.3, -0.25) is 14.5 Å². The number of amides is 2. The van der Waals surface area contributed by atoms with Gasteiger partial charge in [0.1, 0.15) is 0 Å². The van der Waals surface area contributed by atoms with Gasteiger partial charge in [-0.1, -0.05) is 23.7 Å². The lowest BCUT2D eigenvalue weighted by atomic mass is 9.99. The first-order valence-electron chi connectivity index (χ1n) is 9.78. The molecule has 2 aromatic rings. The van der Waals surface area contributed by atoms with Crippen LogP contribution in [0.25, 0.3) is 0 Å². The fourth-order valence-electron chi connectivity index (χ4n) is 3.82. The number of para-hydroxylation sites is 1. The number of hydrogen-bond donors (Lipinski definition) is 1. The number of fused-ring (bicyclic) bond motifs is 1. The fraction of sp³-hybridized carbons (Fsp3) is 0.429. The van der Waals surface area contributed by atoms with Crippen LogP contribution in [-0.2, 0) is 17.6 Å². The largest absolute Gasteiger partial charge is 0.335 e. The van der Waals surface area contributed by atoms with Crippen molar-refractivity contribution in [3.63, 3.8) is 0 Å². The summed E-state index contributed by atoms with van der Waals surface area (Å²) in [6, 6.07) is 9.32. The Kier molecular flexibility index (Phi) is 5.99. The Morgan fingerprint density at radius 2 is 1.82 bits per heavy atom. The molecule has 0 unspecified atom stereocenters. The zero-order chi connectivity index (χ0) is 19.5. The van der Waals surface area contributed by atoms with Gasteiger partial charge in [0.05, 0.1) is 22.1 Å². The van der Waals surface area contributed by atoms with Crippen LogP contribution in [0.2, 0.25) is 5.02 Å². The van der Waals surface area contributed by atoms with Crippen LogP contribution in [0, 0.1) is 0 Å². The average Bonchev–Trinajstić information content (AvgIpc) is 3.14. The fourth-order valence-corrected chi connectivity index (χ4v) is 5.22. The molecule has 1 saturated heterocycles. The molecule has 1 fully saturated rings. The maximum atomic E-state index is 12.8. The zero-order valence-electron chi connectivity index (χ0n) is 15.7. The van der Waals surface area contributed by atoms with Gasteiger partial charge in [-0.25, -0.2) is 0 Å². The predicted octanol–water partition coefficient (Wildman–Crippen LogP) is 3.68. The summed E-state index contributed by atoms with van der Waals surface area (Å²) in [6.07, 6.45) is 4.68. The molecular weight excluding hydrogens is 394 g/mol. The Balaban J connectivity index is 1.28. The molecule has 2 aliphatic rings. The molecule has 5 nitrogen and oxygen atoms in total. The minimum absolute atomic E-state index is 0.0844. The molecule has 1 aromatic heterocycles. The van der Waals surface area contributed by atoms with Crippen molar-refractivity contribution in [2.24, 2.45) is 0 Å². The number of nitrogens with zero attached hydrogens (tertiary/aromatic N) is 2. The summed E-state index contributed by atoms with van der Waals surface area (Å²) < 4.78 is 0. The van der Waals surface area contributed by atoms with Crippen molar-refractivity contribution < 1.29 is 9.59 Å². The van der Waals surface area contributed by atoms with Crippen molar-refractivity contribution in [1.82, 2.24) is 9.80 Å². The second-order valence-electron chi connectivity index (χ2n) is 7.36. The third-order valence-corrected chi connectivity index (χ3v) is 6.94. The number of rotatable bonds is 4. The van der Waals surface area contributed by atoms with Gasteiger partial charge in [0.2, 0.25) is 5.91 Å². The molecule has 0 spiro atoms. The van der Waals surface area contributed by atoms with Gasteiger partial charge in [0.15, 0.2) is 0 Å². The van der Waals surface area contributed by atoms with Crippen LogP contribution in [0.3, 0.4) is 0 Å². The Morgan fingerprint density at radius 1 is 1.07 bits per heavy atom. The van der Waals surface area contributed by atoms with E-state index in [1.807, 2.05) is 17.0 Å². The molecular formula is C21H24ClN3O2S. The summed E-state index contributed by atoms with van der Waals surface area (Å²) in [5, 5.41) is 3.39. The summed E-state index contributed by atoms with van der Waals surface area (Å²) in [5.74, 6) is 0.0541. The van der Waals surface area contributed by atoms with Crippen molar-refractivity contribution in [3.8, 4) is 0 Å². The van der Waals surface area contributed by atoms with Crippen LogP contribution in [0.15, 0.2) is 30.3 Å². The van der Waals surface area contributed by atoms with E-state index in [1.165, 1.54) is 23.3 Å². The normalized spacial score (nSPS) is 17.2. The quantitative estimate of drug-likeness (QED) is 0.825. The first-order chi connectivity index (χ1) is 13.6. The van der Waals surface area contributed by atoms with Crippen LogP contribution in [0.5, 0.6) is 0 Å². The molecule has 1 aliphatic heterocycles. The van der Waals surface area contributed by atoms with Gasteiger partial charge in [-0.15, -0.1) is 11.3 Å². The predicted molar refractivity (Wildman–Crippen MR) is 113 cm³/mol. The lowest BCUT2D eigenvalue weighted by Gasteiger charge is -2.34. The second kappa shape index (κ2) is 8.64. The molecule has 4 rings (SSSR count). The van der Waals surface area contributed by atoms with Crippen LogP contribution in [0.4, 0.5) is 5.69 Å². The minimum atomic E-state index is -0.0844. The van der Waals surface area contributed by atoms with Gasteiger partial charge >= 0.3 is 0 Å². The number of thiophene rings is 1. The summed E-state index contributed by atoms with van der Waals surface area (Å²) >= 11 is 7.76. The highest BCUT2D eigenvalue weighted by Gasteiger charge is 2.26. The van der Waals surface area contributed by atoms with Crippen LogP contribution in [0.1, 0.15) is 33.0 Å². The van der Waals surface area contributed by atoms with Crippen molar-refractivity contribution in [3.05, 3.63) is 50.7 Å². The summed E-state index contributed by atoms with van der Waals surface area (Å²) in [6.45, 7) is 3.02. The van der Waals surface area contributed by atoms with Crippen molar-refractivity contribution in [1.29, 1.82) is 0 Å². The smallest absolute Gasteiger partial charge is 0.264 e. The standard InChI is InChI=1S/C21H24ClN3O2S/c22-16-6-2-3-7-17(16)23-20(26)14-24-9-11-25(12-10-24)21(27)19-13-15-5-1-4-8-18(15)28-19/h2-3,6-7,13H,1,4-5,8-12,14H2,(H,23,26). The van der Waals surface area contributed by atoms with E-state index in [1.54, 1.807) is 23.5 Å². The highest BCUT2D eigenvalue weighted by molar-refractivity contribution is 7.14. The van der Waals surface area contributed by atoms with Gasteiger partial charge in [0, 0.05) is 31.1 Å². The number of hydrogen-bond acceptors (Lipinski definition) is 4. The van der Waals surface area contributed by atoms with Crippen molar-refractivity contribution >= 4 is 40.4 Å². The number of aryl methyl sites for hydroxylation is 2. The number of carbonyl (C=O) groups is 2. The Labute approximate surface area is 174 Å². The molecule has 7 heteroatoms. The number of piperazine rings is 1.